The summed E-state index contributed by atoms with van der Waals surface area (Å²) in [5, 5.41) is 21.4. The van der Waals surface area contributed by atoms with E-state index in [0.29, 0.717) is 18.3 Å². The minimum absolute atomic E-state index is 0.0261. The van der Waals surface area contributed by atoms with Crippen molar-refractivity contribution >= 4 is 5.78 Å². The van der Waals surface area contributed by atoms with Crippen LogP contribution in [0.3, 0.4) is 0 Å². The van der Waals surface area contributed by atoms with E-state index in [9.17, 15) is 28.2 Å². The molecule has 8 atom stereocenters. The summed E-state index contributed by atoms with van der Waals surface area (Å²) in [6.07, 6.45) is 0.0892. The topological polar surface area (TPSA) is 57.5 Å². The molecule has 27 heavy (non-hydrogen) atoms. The SMILES string of the molecule is CC(=O)[C@H]1CC[C@H]2[C@@H]3CC[C@@H]4C[C@@H](C(F)(F)F)CC(O)(O)[C@@H]4[C@H]3CC[C@]12C. The van der Waals surface area contributed by atoms with E-state index in [1.165, 1.54) is 0 Å². The summed E-state index contributed by atoms with van der Waals surface area (Å²) in [6, 6.07) is 0. The largest absolute Gasteiger partial charge is 0.392 e. The smallest absolute Gasteiger partial charge is 0.365 e. The van der Waals surface area contributed by atoms with E-state index in [1.54, 1.807) is 6.92 Å². The molecule has 0 aromatic rings. The van der Waals surface area contributed by atoms with E-state index in [1.807, 2.05) is 0 Å². The first-order valence-corrected chi connectivity index (χ1v) is 10.5. The highest BCUT2D eigenvalue weighted by Crippen LogP contribution is 2.65. The summed E-state index contributed by atoms with van der Waals surface area (Å²) in [5.41, 5.74) is -0.0312. The fourth-order valence-electron chi connectivity index (χ4n) is 7.96. The molecule has 0 aliphatic heterocycles. The van der Waals surface area contributed by atoms with Crippen molar-refractivity contribution in [3.05, 3.63) is 0 Å². The Kier molecular flexibility index (Phi) is 4.51. The molecule has 4 fully saturated rings. The maximum atomic E-state index is 13.3. The number of ketones is 1. The van der Waals surface area contributed by atoms with E-state index in [0.717, 1.165) is 32.1 Å². The Morgan fingerprint density at radius 3 is 2.37 bits per heavy atom. The molecule has 0 saturated heterocycles. The van der Waals surface area contributed by atoms with Crippen LogP contribution < -0.4 is 0 Å². The molecule has 154 valence electrons. The van der Waals surface area contributed by atoms with Crippen molar-refractivity contribution in [2.45, 2.75) is 77.2 Å². The summed E-state index contributed by atoms with van der Waals surface area (Å²) in [6.45, 7) is 3.89. The normalized spacial score (nSPS) is 49.1. The van der Waals surface area contributed by atoms with Crippen LogP contribution in [0.1, 0.15) is 65.2 Å². The molecule has 0 aromatic carbocycles. The molecule has 0 heterocycles. The highest BCUT2D eigenvalue weighted by atomic mass is 19.4. The van der Waals surface area contributed by atoms with Gasteiger partial charge in [-0.05, 0) is 81.0 Å². The van der Waals surface area contributed by atoms with Crippen LogP contribution in [0.15, 0.2) is 0 Å². The zero-order chi connectivity index (χ0) is 19.8. The lowest BCUT2D eigenvalue weighted by Crippen LogP contribution is -2.59. The number of fused-ring (bicyclic) bond motifs is 5. The van der Waals surface area contributed by atoms with E-state index >= 15 is 0 Å². The van der Waals surface area contributed by atoms with Crippen LogP contribution in [0.4, 0.5) is 13.2 Å². The van der Waals surface area contributed by atoms with Gasteiger partial charge in [-0.3, -0.25) is 4.79 Å². The van der Waals surface area contributed by atoms with Crippen molar-refractivity contribution in [3.8, 4) is 0 Å². The summed E-state index contributed by atoms with van der Waals surface area (Å²) in [5.74, 6) is -3.51. The number of hydrogen-bond donors (Lipinski definition) is 2. The third kappa shape index (κ3) is 2.97. The number of carbonyl (C=O) groups is 1. The van der Waals surface area contributed by atoms with Gasteiger partial charge in [0, 0.05) is 18.3 Å². The van der Waals surface area contributed by atoms with Crippen molar-refractivity contribution in [1.82, 2.24) is 0 Å². The lowest BCUT2D eigenvalue weighted by atomic mass is 9.48. The first-order valence-electron chi connectivity index (χ1n) is 10.5. The fraction of sp³-hybridized carbons (Fsp3) is 0.952. The van der Waals surface area contributed by atoms with Crippen LogP contribution in [0, 0.1) is 46.8 Å². The highest BCUT2D eigenvalue weighted by Gasteiger charge is 2.63. The van der Waals surface area contributed by atoms with Crippen LogP contribution >= 0.6 is 0 Å². The number of aliphatic hydroxyl groups is 2. The number of halogens is 3. The molecule has 4 aliphatic rings. The molecule has 0 radical (unpaired) electrons. The Labute approximate surface area is 158 Å². The van der Waals surface area contributed by atoms with Crippen LogP contribution in [-0.2, 0) is 4.79 Å². The molecule has 0 aromatic heterocycles. The summed E-state index contributed by atoms with van der Waals surface area (Å²) in [4.78, 5) is 12.1. The number of rotatable bonds is 1. The van der Waals surface area contributed by atoms with E-state index in [2.05, 4.69) is 6.92 Å². The van der Waals surface area contributed by atoms with Gasteiger partial charge in [0.05, 0.1) is 5.92 Å². The second kappa shape index (κ2) is 6.19. The highest BCUT2D eigenvalue weighted by molar-refractivity contribution is 5.79. The molecule has 0 spiro atoms. The molecular formula is C21H31F3O3. The maximum Gasteiger partial charge on any atom is 0.392 e. The number of Topliss-reactive ketones (excluding diaryl/α,β-unsaturated/α-hetero) is 1. The lowest BCUT2D eigenvalue weighted by molar-refractivity contribution is -0.303. The van der Waals surface area contributed by atoms with Crippen molar-refractivity contribution in [3.63, 3.8) is 0 Å². The second-order valence-electron chi connectivity index (χ2n) is 10.1. The molecule has 3 nitrogen and oxygen atoms in total. The van der Waals surface area contributed by atoms with Gasteiger partial charge in [0.2, 0.25) is 0 Å². The Hall–Kier alpha value is -0.620. The average molecular weight is 388 g/mol. The van der Waals surface area contributed by atoms with Gasteiger partial charge in [0.1, 0.15) is 5.78 Å². The third-order valence-corrected chi connectivity index (χ3v) is 8.95. The number of hydrogen-bond acceptors (Lipinski definition) is 3. The van der Waals surface area contributed by atoms with Gasteiger partial charge in [0.25, 0.3) is 0 Å². The Bertz CT molecular complexity index is 616. The third-order valence-electron chi connectivity index (χ3n) is 8.95. The monoisotopic (exact) mass is 388 g/mol. The van der Waals surface area contributed by atoms with Gasteiger partial charge in [-0.25, -0.2) is 0 Å². The van der Waals surface area contributed by atoms with Crippen molar-refractivity contribution in [1.29, 1.82) is 0 Å². The van der Waals surface area contributed by atoms with Crippen LogP contribution in [0.2, 0.25) is 0 Å². The van der Waals surface area contributed by atoms with Gasteiger partial charge >= 0.3 is 6.18 Å². The summed E-state index contributed by atoms with van der Waals surface area (Å²) >= 11 is 0. The number of alkyl halides is 3. The average Bonchev–Trinajstić information content (AvgIpc) is 2.90. The summed E-state index contributed by atoms with van der Waals surface area (Å²) in [7, 11) is 0. The maximum absolute atomic E-state index is 13.3. The number of carbonyl (C=O) groups excluding carboxylic acids is 1. The molecule has 4 saturated carbocycles. The van der Waals surface area contributed by atoms with Gasteiger partial charge in [-0.2, -0.15) is 13.2 Å². The van der Waals surface area contributed by atoms with E-state index < -0.39 is 30.2 Å². The summed E-state index contributed by atoms with van der Waals surface area (Å²) < 4.78 is 39.8. The molecule has 4 rings (SSSR count). The first kappa shape index (κ1) is 19.7. The van der Waals surface area contributed by atoms with Crippen molar-refractivity contribution in [2.24, 2.45) is 46.8 Å². The fourth-order valence-corrected chi connectivity index (χ4v) is 7.96. The van der Waals surface area contributed by atoms with Gasteiger partial charge in [-0.15, -0.1) is 0 Å². The molecule has 0 amide bonds. The lowest BCUT2D eigenvalue weighted by Gasteiger charge is -2.58. The Morgan fingerprint density at radius 2 is 1.74 bits per heavy atom. The minimum atomic E-state index is -4.37. The zero-order valence-electron chi connectivity index (χ0n) is 16.1. The minimum Gasteiger partial charge on any atom is -0.365 e. The standard InChI is InChI=1S/C21H31F3O3/c1-11(25)16-5-6-17-14-4-3-12-9-13(21(22,23)24)10-20(26,27)18(12)15(14)7-8-19(16,17)2/h12-18,26-27H,3-10H2,1-2H3/t12-,13-,14-,15+,16-,17+,18+,19-/m1/s1. The van der Waals surface area contributed by atoms with E-state index in [4.69, 9.17) is 0 Å². The predicted octanol–water partition coefficient (Wildman–Crippen LogP) is 4.31. The molecule has 4 aliphatic carbocycles. The molecule has 0 unspecified atom stereocenters. The molecule has 0 bridgehead atoms. The van der Waals surface area contributed by atoms with Crippen molar-refractivity contribution < 1.29 is 28.2 Å². The molecule has 2 N–H and O–H groups in total. The Morgan fingerprint density at radius 1 is 1.04 bits per heavy atom. The molecule has 6 heteroatoms. The van der Waals surface area contributed by atoms with Gasteiger partial charge in [0.15, 0.2) is 5.79 Å². The zero-order valence-corrected chi connectivity index (χ0v) is 16.1. The quantitative estimate of drug-likeness (QED) is 0.658. The van der Waals surface area contributed by atoms with Gasteiger partial charge in [-0.1, -0.05) is 6.92 Å². The van der Waals surface area contributed by atoms with Crippen molar-refractivity contribution in [2.75, 3.05) is 0 Å². The predicted molar refractivity (Wildman–Crippen MR) is 93.4 cm³/mol. The first-order chi connectivity index (χ1) is 12.4. The second-order valence-corrected chi connectivity index (χ2v) is 10.1. The van der Waals surface area contributed by atoms with Crippen LogP contribution in [0.5, 0.6) is 0 Å². The van der Waals surface area contributed by atoms with Gasteiger partial charge < -0.3 is 10.2 Å². The van der Waals surface area contributed by atoms with E-state index in [-0.39, 0.29) is 35.4 Å². The Balaban J connectivity index is 1.60. The molecular weight excluding hydrogens is 357 g/mol. The van der Waals surface area contributed by atoms with Crippen LogP contribution in [-0.4, -0.2) is 28.0 Å². The van der Waals surface area contributed by atoms with Crippen LogP contribution in [0.25, 0.3) is 0 Å².